The van der Waals surface area contributed by atoms with Crippen molar-refractivity contribution in [1.82, 2.24) is 4.90 Å². The minimum atomic E-state index is -3.06. The molecule has 2 aliphatic heterocycles. The topological polar surface area (TPSA) is 98.1 Å². The molecule has 0 aliphatic carbocycles. The Bertz CT molecular complexity index is 925. The summed E-state index contributed by atoms with van der Waals surface area (Å²) < 4.78 is 39.7. The molecule has 27 heavy (non-hydrogen) atoms. The number of anilines is 1. The minimum Gasteiger partial charge on any atom is -0.468 e. The molecule has 0 unspecified atom stereocenters. The van der Waals surface area contributed by atoms with Crippen LogP contribution in [0.5, 0.6) is 11.5 Å². The van der Waals surface area contributed by atoms with Gasteiger partial charge >= 0.3 is 0 Å². The molecule has 0 radical (unpaired) electrons. The summed E-state index contributed by atoms with van der Waals surface area (Å²) in [6.45, 7) is 0.608. The van der Waals surface area contributed by atoms with Gasteiger partial charge in [-0.3, -0.25) is 9.69 Å². The lowest BCUT2D eigenvalue weighted by Crippen LogP contribution is -2.41. The average Bonchev–Trinajstić information content (AvgIpc) is 3.34. The quantitative estimate of drug-likeness (QED) is 0.798. The zero-order chi connectivity index (χ0) is 18.9. The lowest BCUT2D eigenvalue weighted by Gasteiger charge is -2.26. The molecule has 1 amide bonds. The van der Waals surface area contributed by atoms with E-state index in [4.69, 9.17) is 13.9 Å². The summed E-state index contributed by atoms with van der Waals surface area (Å²) in [5, 5.41) is 2.83. The number of ether oxygens (including phenoxy) is 2. The Morgan fingerprint density at radius 3 is 2.81 bits per heavy atom. The number of amides is 1. The molecule has 8 nitrogen and oxygen atoms in total. The van der Waals surface area contributed by atoms with Gasteiger partial charge in [-0.05, 0) is 30.7 Å². The Morgan fingerprint density at radius 2 is 2.07 bits per heavy atom. The first-order valence-corrected chi connectivity index (χ1v) is 10.5. The van der Waals surface area contributed by atoms with E-state index in [9.17, 15) is 13.2 Å². The minimum absolute atomic E-state index is 0.0605. The highest BCUT2D eigenvalue weighted by atomic mass is 32.2. The standard InChI is InChI=1S/C18H20N2O6S/c21-18(19-13-3-4-16-17(8-13)26-12-25-16)10-20(9-15-2-1-6-24-15)14-5-7-27(22,23)11-14/h1-4,6,8,14H,5,7,9-12H2,(H,19,21)/t14-/m1/s1. The smallest absolute Gasteiger partial charge is 0.238 e. The van der Waals surface area contributed by atoms with Gasteiger partial charge in [-0.2, -0.15) is 0 Å². The molecule has 2 aromatic rings. The number of rotatable bonds is 6. The number of nitrogens with zero attached hydrogens (tertiary/aromatic N) is 1. The van der Waals surface area contributed by atoms with Gasteiger partial charge in [0, 0.05) is 17.8 Å². The molecule has 1 fully saturated rings. The number of carbonyl (C=O) groups excluding carboxylic acids is 1. The van der Waals surface area contributed by atoms with Crippen LogP contribution in [-0.4, -0.2) is 50.1 Å². The highest BCUT2D eigenvalue weighted by Gasteiger charge is 2.33. The Hall–Kier alpha value is -2.52. The largest absolute Gasteiger partial charge is 0.468 e. The summed E-state index contributed by atoms with van der Waals surface area (Å²) in [7, 11) is -3.06. The van der Waals surface area contributed by atoms with E-state index in [0.717, 1.165) is 0 Å². The molecule has 0 saturated carbocycles. The van der Waals surface area contributed by atoms with Crippen LogP contribution in [0.3, 0.4) is 0 Å². The molecule has 0 spiro atoms. The highest BCUT2D eigenvalue weighted by Crippen LogP contribution is 2.34. The van der Waals surface area contributed by atoms with Gasteiger partial charge in [0.1, 0.15) is 5.76 Å². The van der Waals surface area contributed by atoms with Gasteiger partial charge in [0.2, 0.25) is 12.7 Å². The third-order valence-corrected chi connectivity index (χ3v) is 6.42. The van der Waals surface area contributed by atoms with Gasteiger partial charge < -0.3 is 19.2 Å². The van der Waals surface area contributed by atoms with Gasteiger partial charge in [0.25, 0.3) is 0 Å². The first kappa shape index (κ1) is 17.9. The second-order valence-corrected chi connectivity index (χ2v) is 8.89. The third kappa shape index (κ3) is 4.25. The van der Waals surface area contributed by atoms with E-state index in [1.165, 1.54) is 0 Å². The first-order valence-electron chi connectivity index (χ1n) is 8.65. The Balaban J connectivity index is 1.44. The van der Waals surface area contributed by atoms with E-state index in [1.807, 2.05) is 11.0 Å². The fourth-order valence-electron chi connectivity index (χ4n) is 3.34. The lowest BCUT2D eigenvalue weighted by atomic mass is 10.2. The Kier molecular flexibility index (Phi) is 4.79. The molecule has 3 heterocycles. The van der Waals surface area contributed by atoms with Crippen molar-refractivity contribution in [2.75, 3.05) is 30.2 Å². The number of hydrogen-bond acceptors (Lipinski definition) is 7. The molecule has 9 heteroatoms. The number of carbonyl (C=O) groups is 1. The summed E-state index contributed by atoms with van der Waals surface area (Å²) in [5.74, 6) is 1.90. The number of sulfone groups is 1. The van der Waals surface area contributed by atoms with Crippen molar-refractivity contribution < 1.29 is 27.1 Å². The van der Waals surface area contributed by atoms with Crippen LogP contribution in [0.1, 0.15) is 12.2 Å². The summed E-state index contributed by atoms with van der Waals surface area (Å²) in [6.07, 6.45) is 2.08. The lowest BCUT2D eigenvalue weighted by molar-refractivity contribution is -0.118. The van der Waals surface area contributed by atoms with E-state index in [2.05, 4.69) is 5.32 Å². The Labute approximate surface area is 157 Å². The molecular weight excluding hydrogens is 372 g/mol. The van der Waals surface area contributed by atoms with Crippen molar-refractivity contribution in [3.63, 3.8) is 0 Å². The maximum atomic E-state index is 12.6. The van der Waals surface area contributed by atoms with E-state index in [-0.39, 0.29) is 36.8 Å². The normalized spacial score (nSPS) is 20.1. The van der Waals surface area contributed by atoms with Gasteiger partial charge in [-0.25, -0.2) is 8.42 Å². The first-order chi connectivity index (χ1) is 13.0. The van der Waals surface area contributed by atoms with E-state index < -0.39 is 9.84 Å². The zero-order valence-corrected chi connectivity index (χ0v) is 15.4. The predicted molar refractivity (Wildman–Crippen MR) is 97.4 cm³/mol. The molecule has 1 atom stereocenters. The third-order valence-electron chi connectivity index (χ3n) is 4.67. The van der Waals surface area contributed by atoms with Gasteiger partial charge in [0.15, 0.2) is 21.3 Å². The molecule has 1 N–H and O–H groups in total. The maximum Gasteiger partial charge on any atom is 0.238 e. The molecule has 0 bridgehead atoms. The average molecular weight is 392 g/mol. The van der Waals surface area contributed by atoms with Crippen molar-refractivity contribution in [2.45, 2.75) is 19.0 Å². The van der Waals surface area contributed by atoms with Crippen molar-refractivity contribution in [3.05, 3.63) is 42.4 Å². The fourth-order valence-corrected chi connectivity index (χ4v) is 5.10. The van der Waals surface area contributed by atoms with Crippen LogP contribution in [0, 0.1) is 0 Å². The number of furan rings is 1. The summed E-state index contributed by atoms with van der Waals surface area (Å²) in [5.41, 5.74) is 0.598. The zero-order valence-electron chi connectivity index (χ0n) is 14.6. The second-order valence-electron chi connectivity index (χ2n) is 6.66. The number of hydrogen-bond donors (Lipinski definition) is 1. The van der Waals surface area contributed by atoms with Crippen LogP contribution in [-0.2, 0) is 21.2 Å². The van der Waals surface area contributed by atoms with E-state index in [1.54, 1.807) is 30.5 Å². The Morgan fingerprint density at radius 1 is 1.22 bits per heavy atom. The predicted octanol–water partition coefficient (Wildman–Crippen LogP) is 1.64. The van der Waals surface area contributed by atoms with Crippen LogP contribution in [0.4, 0.5) is 5.69 Å². The molecule has 1 saturated heterocycles. The monoisotopic (exact) mass is 392 g/mol. The molecule has 1 aromatic heterocycles. The van der Waals surface area contributed by atoms with Crippen LogP contribution in [0.25, 0.3) is 0 Å². The second kappa shape index (κ2) is 7.24. The van der Waals surface area contributed by atoms with Gasteiger partial charge in [-0.15, -0.1) is 0 Å². The molecule has 1 aromatic carbocycles. The van der Waals surface area contributed by atoms with Crippen molar-refractivity contribution in [3.8, 4) is 11.5 Å². The van der Waals surface area contributed by atoms with Crippen molar-refractivity contribution >= 4 is 21.4 Å². The number of fused-ring (bicyclic) bond motifs is 1. The van der Waals surface area contributed by atoms with Crippen LogP contribution >= 0.6 is 0 Å². The van der Waals surface area contributed by atoms with Crippen LogP contribution < -0.4 is 14.8 Å². The summed E-state index contributed by atoms with van der Waals surface area (Å²) in [6, 6.07) is 8.56. The molecule has 2 aliphatic rings. The summed E-state index contributed by atoms with van der Waals surface area (Å²) in [4.78, 5) is 14.4. The SMILES string of the molecule is O=C(CN(Cc1ccco1)[C@@H]1CCS(=O)(=O)C1)Nc1ccc2c(c1)OCO2. The van der Waals surface area contributed by atoms with Gasteiger partial charge in [0.05, 0.1) is 30.9 Å². The molecule has 4 rings (SSSR count). The van der Waals surface area contributed by atoms with Crippen LogP contribution in [0.2, 0.25) is 0 Å². The summed E-state index contributed by atoms with van der Waals surface area (Å²) >= 11 is 0. The number of benzene rings is 1. The fraction of sp³-hybridized carbons (Fsp3) is 0.389. The van der Waals surface area contributed by atoms with E-state index in [0.29, 0.717) is 35.9 Å². The van der Waals surface area contributed by atoms with Crippen molar-refractivity contribution in [2.24, 2.45) is 0 Å². The van der Waals surface area contributed by atoms with E-state index >= 15 is 0 Å². The van der Waals surface area contributed by atoms with Gasteiger partial charge in [-0.1, -0.05) is 0 Å². The highest BCUT2D eigenvalue weighted by molar-refractivity contribution is 7.91. The molecule has 144 valence electrons. The number of nitrogens with one attached hydrogen (secondary N) is 1. The maximum absolute atomic E-state index is 12.6. The van der Waals surface area contributed by atoms with Crippen molar-refractivity contribution in [1.29, 1.82) is 0 Å². The van der Waals surface area contributed by atoms with Crippen LogP contribution in [0.15, 0.2) is 41.0 Å². The molecular formula is C18H20N2O6S.